The van der Waals surface area contributed by atoms with Gasteiger partial charge in [0.15, 0.2) is 0 Å². The maximum absolute atomic E-state index is 13.2. The molecule has 1 aromatic heterocycles. The van der Waals surface area contributed by atoms with E-state index in [-0.39, 0.29) is 23.9 Å². The molecule has 1 aliphatic rings. The van der Waals surface area contributed by atoms with Crippen molar-refractivity contribution < 1.29 is 13.9 Å². The molecule has 1 aliphatic heterocycles. The van der Waals surface area contributed by atoms with Crippen LogP contribution in [0.15, 0.2) is 30.3 Å². The number of benzene rings is 1. The van der Waals surface area contributed by atoms with Crippen molar-refractivity contribution in [3.63, 3.8) is 0 Å². The van der Waals surface area contributed by atoms with Crippen LogP contribution in [0.2, 0.25) is 0 Å². The molecule has 2 heterocycles. The number of halogens is 1. The van der Waals surface area contributed by atoms with E-state index in [0.717, 1.165) is 17.1 Å². The van der Waals surface area contributed by atoms with Gasteiger partial charge in [0.25, 0.3) is 5.91 Å². The van der Waals surface area contributed by atoms with Crippen LogP contribution in [-0.4, -0.2) is 40.7 Å². The second-order valence-electron chi connectivity index (χ2n) is 6.56. The molecule has 2 aromatic rings. The molecule has 4 nitrogen and oxygen atoms in total. The van der Waals surface area contributed by atoms with Crippen LogP contribution in [0, 0.1) is 19.7 Å². The highest BCUT2D eigenvalue weighted by molar-refractivity contribution is 5.96. The zero-order valence-corrected chi connectivity index (χ0v) is 14.5. The van der Waals surface area contributed by atoms with Crippen molar-refractivity contribution in [1.82, 2.24) is 9.47 Å². The first-order chi connectivity index (χ1) is 11.4. The average molecular weight is 330 g/mol. The van der Waals surface area contributed by atoms with Gasteiger partial charge >= 0.3 is 0 Å². The molecule has 128 valence electrons. The fourth-order valence-electron chi connectivity index (χ4n) is 3.48. The normalized spacial score (nSPS) is 21.1. The highest BCUT2D eigenvalue weighted by atomic mass is 19.1. The Kier molecular flexibility index (Phi) is 4.45. The lowest BCUT2D eigenvalue weighted by Crippen LogP contribution is -2.48. The topological polar surface area (TPSA) is 34.5 Å². The zero-order valence-electron chi connectivity index (χ0n) is 14.5. The minimum atomic E-state index is -0.270. The number of carbonyl (C=O) groups excluding carboxylic acids is 1. The number of aryl methyl sites for hydroxylation is 1. The van der Waals surface area contributed by atoms with Gasteiger partial charge in [-0.2, -0.15) is 0 Å². The Morgan fingerprint density at radius 1 is 1.12 bits per heavy atom. The molecule has 0 spiro atoms. The number of morpholine rings is 1. The molecule has 0 unspecified atom stereocenters. The Hall–Kier alpha value is -2.14. The average Bonchev–Trinajstić information content (AvgIpc) is 2.81. The lowest BCUT2D eigenvalue weighted by molar-refractivity contribution is -0.0586. The summed E-state index contributed by atoms with van der Waals surface area (Å²) in [6.07, 6.45) is 0.0802. The van der Waals surface area contributed by atoms with E-state index in [0.29, 0.717) is 18.7 Å². The van der Waals surface area contributed by atoms with Crippen LogP contribution in [0.5, 0.6) is 0 Å². The first kappa shape index (κ1) is 16.7. The fraction of sp³-hybridized carbons (Fsp3) is 0.421. The molecule has 2 atom stereocenters. The molecule has 0 N–H and O–H groups in total. The predicted molar refractivity (Wildman–Crippen MR) is 91.1 cm³/mol. The minimum Gasteiger partial charge on any atom is -0.372 e. The van der Waals surface area contributed by atoms with E-state index in [1.54, 1.807) is 12.1 Å². The summed E-state index contributed by atoms with van der Waals surface area (Å²) in [6, 6.07) is 8.22. The Bertz CT molecular complexity index is 741. The van der Waals surface area contributed by atoms with Crippen LogP contribution in [0.25, 0.3) is 5.69 Å². The van der Waals surface area contributed by atoms with Crippen molar-refractivity contribution >= 4 is 5.91 Å². The molecule has 5 heteroatoms. The molecular weight excluding hydrogens is 307 g/mol. The number of nitrogens with zero attached hydrogens (tertiary/aromatic N) is 2. The number of hydrogen-bond donors (Lipinski definition) is 0. The van der Waals surface area contributed by atoms with Crippen molar-refractivity contribution in [2.45, 2.75) is 39.9 Å². The predicted octanol–water partition coefficient (Wildman–Crippen LogP) is 3.48. The minimum absolute atomic E-state index is 0.0264. The summed E-state index contributed by atoms with van der Waals surface area (Å²) >= 11 is 0. The smallest absolute Gasteiger partial charge is 0.255 e. The maximum atomic E-state index is 13.2. The summed E-state index contributed by atoms with van der Waals surface area (Å²) in [4.78, 5) is 14.8. The van der Waals surface area contributed by atoms with Gasteiger partial charge in [-0.3, -0.25) is 4.79 Å². The Morgan fingerprint density at radius 3 is 2.29 bits per heavy atom. The SMILES string of the molecule is Cc1cc(C(=O)N2C[C@@H](C)O[C@H](C)C2)c(C)n1-c1ccc(F)cc1. The molecule has 0 bridgehead atoms. The number of amides is 1. The Morgan fingerprint density at radius 2 is 1.71 bits per heavy atom. The number of ether oxygens (including phenoxy) is 1. The standard InChI is InChI=1S/C19H23FN2O2/c1-12-9-18(19(23)21-10-13(2)24-14(3)11-21)15(4)22(12)17-7-5-16(20)6-8-17/h5-9,13-14H,10-11H2,1-4H3/t13-,14-/m1/s1. The van der Waals surface area contributed by atoms with Gasteiger partial charge < -0.3 is 14.2 Å². The van der Waals surface area contributed by atoms with Crippen LogP contribution in [0.1, 0.15) is 35.6 Å². The molecule has 0 radical (unpaired) electrons. The number of aromatic nitrogens is 1. The molecular formula is C19H23FN2O2. The zero-order chi connectivity index (χ0) is 17.4. The summed E-state index contributed by atoms with van der Waals surface area (Å²) < 4.78 is 20.9. The maximum Gasteiger partial charge on any atom is 0.255 e. The Balaban J connectivity index is 1.93. The van der Waals surface area contributed by atoms with Gasteiger partial charge in [0.1, 0.15) is 5.82 Å². The highest BCUT2D eigenvalue weighted by Gasteiger charge is 2.28. The summed E-state index contributed by atoms with van der Waals surface area (Å²) in [5, 5.41) is 0. The molecule has 0 aliphatic carbocycles. The molecule has 1 aromatic carbocycles. The van der Waals surface area contributed by atoms with E-state index in [1.807, 2.05) is 43.2 Å². The van der Waals surface area contributed by atoms with Gasteiger partial charge in [-0.25, -0.2) is 4.39 Å². The largest absolute Gasteiger partial charge is 0.372 e. The number of rotatable bonds is 2. The lowest BCUT2D eigenvalue weighted by Gasteiger charge is -2.35. The van der Waals surface area contributed by atoms with Crippen molar-refractivity contribution in [3.05, 3.63) is 53.1 Å². The van der Waals surface area contributed by atoms with Crippen LogP contribution >= 0.6 is 0 Å². The number of carbonyl (C=O) groups is 1. The van der Waals surface area contributed by atoms with Crippen molar-refractivity contribution in [2.24, 2.45) is 0 Å². The number of hydrogen-bond acceptors (Lipinski definition) is 2. The lowest BCUT2D eigenvalue weighted by atomic mass is 10.1. The summed E-state index contributed by atoms with van der Waals surface area (Å²) in [5.41, 5.74) is 3.38. The van der Waals surface area contributed by atoms with Crippen LogP contribution < -0.4 is 0 Å². The molecule has 1 saturated heterocycles. The summed E-state index contributed by atoms with van der Waals surface area (Å²) in [6.45, 7) is 9.05. The summed E-state index contributed by atoms with van der Waals surface area (Å²) in [5.74, 6) is -0.243. The third-order valence-electron chi connectivity index (χ3n) is 4.45. The van der Waals surface area contributed by atoms with Crippen LogP contribution in [0.4, 0.5) is 4.39 Å². The molecule has 1 amide bonds. The van der Waals surface area contributed by atoms with E-state index in [9.17, 15) is 9.18 Å². The molecule has 1 fully saturated rings. The van der Waals surface area contributed by atoms with Gasteiger partial charge in [0.05, 0.1) is 17.8 Å². The summed E-state index contributed by atoms with van der Waals surface area (Å²) in [7, 11) is 0. The van der Waals surface area contributed by atoms with E-state index < -0.39 is 0 Å². The first-order valence-corrected chi connectivity index (χ1v) is 8.26. The van der Waals surface area contributed by atoms with Gasteiger partial charge in [-0.15, -0.1) is 0 Å². The van der Waals surface area contributed by atoms with Gasteiger partial charge in [-0.1, -0.05) is 0 Å². The van der Waals surface area contributed by atoms with Crippen molar-refractivity contribution in [1.29, 1.82) is 0 Å². The van der Waals surface area contributed by atoms with Crippen LogP contribution in [-0.2, 0) is 4.74 Å². The molecule has 0 saturated carbocycles. The van der Waals surface area contributed by atoms with E-state index in [4.69, 9.17) is 4.74 Å². The third kappa shape index (κ3) is 3.08. The van der Waals surface area contributed by atoms with Gasteiger partial charge in [-0.05, 0) is 58.0 Å². The first-order valence-electron chi connectivity index (χ1n) is 8.26. The van der Waals surface area contributed by atoms with Crippen molar-refractivity contribution in [2.75, 3.05) is 13.1 Å². The van der Waals surface area contributed by atoms with Crippen molar-refractivity contribution in [3.8, 4) is 5.69 Å². The molecule has 24 heavy (non-hydrogen) atoms. The van der Waals surface area contributed by atoms with E-state index in [2.05, 4.69) is 0 Å². The van der Waals surface area contributed by atoms with Gasteiger partial charge in [0, 0.05) is 30.2 Å². The highest BCUT2D eigenvalue weighted by Crippen LogP contribution is 2.23. The van der Waals surface area contributed by atoms with Crippen LogP contribution in [0.3, 0.4) is 0 Å². The van der Waals surface area contributed by atoms with Gasteiger partial charge in [0.2, 0.25) is 0 Å². The molecule has 3 rings (SSSR count). The fourth-order valence-corrected chi connectivity index (χ4v) is 3.48. The van der Waals surface area contributed by atoms with E-state index >= 15 is 0 Å². The second kappa shape index (κ2) is 6.40. The Labute approximate surface area is 141 Å². The van der Waals surface area contributed by atoms with E-state index in [1.165, 1.54) is 12.1 Å². The third-order valence-corrected chi connectivity index (χ3v) is 4.45. The monoisotopic (exact) mass is 330 g/mol. The quantitative estimate of drug-likeness (QED) is 0.845. The second-order valence-corrected chi connectivity index (χ2v) is 6.56.